The Balaban J connectivity index is 2.82. The molecule has 1 aromatic rings. The number of alkyl halides is 1. The monoisotopic (exact) mass is 240 g/mol. The van der Waals surface area contributed by atoms with E-state index in [1.165, 1.54) is 12.1 Å². The summed E-state index contributed by atoms with van der Waals surface area (Å²) in [6.07, 6.45) is 0. The molecule has 0 aliphatic heterocycles. The minimum absolute atomic E-state index is 0.109. The maximum Gasteiger partial charge on any atom is 0.384 e. The maximum atomic E-state index is 13.3. The summed E-state index contributed by atoms with van der Waals surface area (Å²) in [7, 11) is 0. The molecule has 0 bridgehead atoms. The van der Waals surface area contributed by atoms with Crippen molar-refractivity contribution < 1.29 is 13.9 Å². The Morgan fingerprint density at radius 3 is 2.88 bits per heavy atom. The van der Waals surface area contributed by atoms with Crippen molar-refractivity contribution in [3.05, 3.63) is 35.1 Å². The second-order valence-corrected chi connectivity index (χ2v) is 3.18. The molecule has 0 saturated heterocycles. The first kappa shape index (κ1) is 12.5. The van der Waals surface area contributed by atoms with E-state index in [-0.39, 0.29) is 12.5 Å². The molecule has 0 aliphatic rings. The van der Waals surface area contributed by atoms with Gasteiger partial charge in [0.05, 0.1) is 12.5 Å². The zero-order valence-electron chi connectivity index (χ0n) is 8.72. The van der Waals surface area contributed by atoms with Gasteiger partial charge < -0.3 is 4.74 Å². The van der Waals surface area contributed by atoms with Crippen LogP contribution >= 0.6 is 11.6 Å². The van der Waals surface area contributed by atoms with Crippen LogP contribution in [0, 0.1) is 17.7 Å². The number of hydrogen-bond donors (Lipinski definition) is 0. The molecule has 4 heteroatoms. The molecule has 0 aliphatic carbocycles. The second-order valence-electron chi connectivity index (χ2n) is 2.91. The van der Waals surface area contributed by atoms with Crippen LogP contribution in [0.15, 0.2) is 18.2 Å². The van der Waals surface area contributed by atoms with Crippen molar-refractivity contribution in [1.82, 2.24) is 0 Å². The maximum absolute atomic E-state index is 13.3. The smallest absolute Gasteiger partial charge is 0.384 e. The lowest BCUT2D eigenvalue weighted by Crippen LogP contribution is -1.99. The molecule has 0 saturated carbocycles. The van der Waals surface area contributed by atoms with Gasteiger partial charge in [0, 0.05) is 17.0 Å². The fourth-order valence-corrected chi connectivity index (χ4v) is 1.24. The van der Waals surface area contributed by atoms with E-state index >= 15 is 0 Å². The topological polar surface area (TPSA) is 26.3 Å². The van der Waals surface area contributed by atoms with Crippen LogP contribution in [0.4, 0.5) is 4.39 Å². The lowest BCUT2D eigenvalue weighted by atomic mass is 10.1. The van der Waals surface area contributed by atoms with Crippen molar-refractivity contribution in [2.24, 2.45) is 0 Å². The van der Waals surface area contributed by atoms with Crippen molar-refractivity contribution in [2.75, 3.05) is 6.61 Å². The van der Waals surface area contributed by atoms with E-state index in [9.17, 15) is 9.18 Å². The standard InChI is InChI=1S/C12H10ClFO2/c1-2-16-12(15)6-4-9-3-5-10(8-13)11(14)7-9/h3,5,7H,2,8H2,1H3. The predicted octanol–water partition coefficient (Wildman–Crippen LogP) is 2.48. The average Bonchev–Trinajstić information content (AvgIpc) is 2.27. The molecule has 0 unspecified atom stereocenters. The zero-order valence-corrected chi connectivity index (χ0v) is 9.47. The van der Waals surface area contributed by atoms with E-state index in [0.29, 0.717) is 11.1 Å². The highest BCUT2D eigenvalue weighted by Gasteiger charge is 2.01. The number of ether oxygens (including phenoxy) is 1. The Labute approximate surface area is 98.4 Å². The van der Waals surface area contributed by atoms with Gasteiger partial charge in [-0.15, -0.1) is 11.6 Å². The fraction of sp³-hybridized carbons (Fsp3) is 0.250. The Bertz CT molecular complexity index is 446. The van der Waals surface area contributed by atoms with Crippen molar-refractivity contribution in [3.63, 3.8) is 0 Å². The van der Waals surface area contributed by atoms with Crippen LogP contribution in [-0.2, 0) is 15.4 Å². The van der Waals surface area contributed by atoms with Gasteiger partial charge in [-0.2, -0.15) is 0 Å². The summed E-state index contributed by atoms with van der Waals surface area (Å²) in [6, 6.07) is 4.38. The van der Waals surface area contributed by atoms with Crippen LogP contribution in [0.25, 0.3) is 0 Å². The summed E-state index contributed by atoms with van der Waals surface area (Å²) in [5.74, 6) is 3.83. The summed E-state index contributed by atoms with van der Waals surface area (Å²) >= 11 is 5.50. The van der Waals surface area contributed by atoms with Crippen molar-refractivity contribution in [3.8, 4) is 11.8 Å². The lowest BCUT2D eigenvalue weighted by molar-refractivity contribution is -0.136. The van der Waals surface area contributed by atoms with Gasteiger partial charge in [0.15, 0.2) is 0 Å². The van der Waals surface area contributed by atoms with Gasteiger partial charge in [0.25, 0.3) is 0 Å². The molecule has 0 N–H and O–H groups in total. The molecular weight excluding hydrogens is 231 g/mol. The number of rotatable bonds is 2. The lowest BCUT2D eigenvalue weighted by Gasteiger charge is -1.98. The molecule has 0 spiro atoms. The molecule has 16 heavy (non-hydrogen) atoms. The Hall–Kier alpha value is -1.53. The van der Waals surface area contributed by atoms with Crippen LogP contribution in [0.5, 0.6) is 0 Å². The van der Waals surface area contributed by atoms with E-state index < -0.39 is 11.8 Å². The average molecular weight is 241 g/mol. The highest BCUT2D eigenvalue weighted by atomic mass is 35.5. The van der Waals surface area contributed by atoms with E-state index in [4.69, 9.17) is 11.6 Å². The summed E-state index contributed by atoms with van der Waals surface area (Å²) in [4.78, 5) is 10.9. The van der Waals surface area contributed by atoms with Crippen molar-refractivity contribution in [2.45, 2.75) is 12.8 Å². The molecule has 2 nitrogen and oxygen atoms in total. The number of halogens is 2. The number of carbonyl (C=O) groups is 1. The SMILES string of the molecule is CCOC(=O)C#Cc1ccc(CCl)c(F)c1. The molecule has 1 aromatic carbocycles. The Morgan fingerprint density at radius 2 is 2.31 bits per heavy atom. The summed E-state index contributed by atoms with van der Waals surface area (Å²) in [5, 5.41) is 0. The minimum Gasteiger partial charge on any atom is -0.456 e. The Kier molecular flexibility index (Phi) is 4.81. The quantitative estimate of drug-likeness (QED) is 0.451. The van der Waals surface area contributed by atoms with Gasteiger partial charge >= 0.3 is 5.97 Å². The van der Waals surface area contributed by atoms with Gasteiger partial charge in [-0.05, 0) is 19.1 Å². The molecule has 0 radical (unpaired) electrons. The molecule has 1 rings (SSSR count). The first-order chi connectivity index (χ1) is 7.67. The molecule has 0 aromatic heterocycles. The third-order valence-corrected chi connectivity index (χ3v) is 2.07. The zero-order chi connectivity index (χ0) is 12.0. The highest BCUT2D eigenvalue weighted by molar-refractivity contribution is 6.17. The summed E-state index contributed by atoms with van der Waals surface area (Å²) in [5.41, 5.74) is 0.822. The first-order valence-corrected chi connectivity index (χ1v) is 5.24. The summed E-state index contributed by atoms with van der Waals surface area (Å²) < 4.78 is 17.9. The van der Waals surface area contributed by atoms with Crippen LogP contribution in [0.1, 0.15) is 18.1 Å². The van der Waals surface area contributed by atoms with E-state index in [1.54, 1.807) is 13.0 Å². The molecule has 84 valence electrons. The van der Waals surface area contributed by atoms with Gasteiger partial charge in [-0.25, -0.2) is 9.18 Å². The summed E-state index contributed by atoms with van der Waals surface area (Å²) in [6.45, 7) is 1.96. The van der Waals surface area contributed by atoms with Gasteiger partial charge in [-0.3, -0.25) is 0 Å². The molecule has 0 heterocycles. The number of carbonyl (C=O) groups excluding carboxylic acids is 1. The van der Waals surface area contributed by atoms with Crippen molar-refractivity contribution in [1.29, 1.82) is 0 Å². The van der Waals surface area contributed by atoms with Crippen LogP contribution in [0.2, 0.25) is 0 Å². The van der Waals surface area contributed by atoms with E-state index in [0.717, 1.165) is 0 Å². The van der Waals surface area contributed by atoms with E-state index in [1.807, 2.05) is 0 Å². The third-order valence-electron chi connectivity index (χ3n) is 1.78. The molecular formula is C12H10ClFO2. The highest BCUT2D eigenvalue weighted by Crippen LogP contribution is 2.11. The van der Waals surface area contributed by atoms with E-state index in [2.05, 4.69) is 16.6 Å². The molecule has 0 atom stereocenters. The minimum atomic E-state index is -0.621. The second kappa shape index (κ2) is 6.14. The number of esters is 1. The van der Waals surface area contributed by atoms with Gasteiger partial charge in [0.1, 0.15) is 5.82 Å². The van der Waals surface area contributed by atoms with Crippen LogP contribution in [0.3, 0.4) is 0 Å². The van der Waals surface area contributed by atoms with Gasteiger partial charge in [0.2, 0.25) is 0 Å². The third kappa shape index (κ3) is 3.56. The number of benzene rings is 1. The fourth-order valence-electron chi connectivity index (χ4n) is 1.02. The molecule has 0 amide bonds. The first-order valence-electron chi connectivity index (χ1n) is 4.70. The predicted molar refractivity (Wildman–Crippen MR) is 59.5 cm³/mol. The normalized spacial score (nSPS) is 9.19. The van der Waals surface area contributed by atoms with Crippen LogP contribution in [-0.4, -0.2) is 12.6 Å². The molecule has 0 fully saturated rings. The largest absolute Gasteiger partial charge is 0.456 e. The van der Waals surface area contributed by atoms with Crippen molar-refractivity contribution >= 4 is 17.6 Å². The number of hydrogen-bond acceptors (Lipinski definition) is 2. The van der Waals surface area contributed by atoms with Crippen LogP contribution < -0.4 is 0 Å². The van der Waals surface area contributed by atoms with Gasteiger partial charge in [-0.1, -0.05) is 12.0 Å². The Morgan fingerprint density at radius 1 is 1.56 bits per heavy atom.